The first-order valence-corrected chi connectivity index (χ1v) is 12.6. The van der Waals surface area contributed by atoms with Crippen molar-refractivity contribution in [2.24, 2.45) is 0 Å². The number of carbonyl (C=O) groups is 2. The molecule has 0 saturated heterocycles. The lowest BCUT2D eigenvalue weighted by molar-refractivity contribution is -0.137. The highest BCUT2D eigenvalue weighted by atomic mass is 19.4. The number of halogens is 3. The van der Waals surface area contributed by atoms with Crippen LogP contribution in [0.3, 0.4) is 0 Å². The van der Waals surface area contributed by atoms with Gasteiger partial charge in [0.25, 0.3) is 11.8 Å². The lowest BCUT2D eigenvalue weighted by Gasteiger charge is -2.15. The van der Waals surface area contributed by atoms with E-state index in [9.17, 15) is 27.9 Å². The highest BCUT2D eigenvalue weighted by Crippen LogP contribution is 2.36. The smallest absolute Gasteiger partial charge is 0.416 e. The molecule has 0 heterocycles. The van der Waals surface area contributed by atoms with Crippen molar-refractivity contribution in [3.05, 3.63) is 138 Å². The Bertz CT molecular complexity index is 1570. The monoisotopic (exact) mass is 552 g/mol. The fourth-order valence-electron chi connectivity index (χ4n) is 4.29. The summed E-state index contributed by atoms with van der Waals surface area (Å²) < 4.78 is 41.2. The van der Waals surface area contributed by atoms with Gasteiger partial charge in [0.1, 0.15) is 5.75 Å². The summed E-state index contributed by atoms with van der Waals surface area (Å²) in [6, 6.07) is 33.4. The van der Waals surface area contributed by atoms with Crippen LogP contribution in [0, 0.1) is 0 Å². The third-order valence-corrected chi connectivity index (χ3v) is 6.43. The number of benzene rings is 5. The summed E-state index contributed by atoms with van der Waals surface area (Å²) in [4.78, 5) is 26.0. The number of anilines is 2. The number of nitrogens with one attached hydrogen (secondary N) is 2. The maximum absolute atomic E-state index is 13.7. The number of carbonyl (C=O) groups excluding carboxylic acids is 2. The molecule has 41 heavy (non-hydrogen) atoms. The van der Waals surface area contributed by atoms with Crippen molar-refractivity contribution in [2.45, 2.75) is 6.18 Å². The van der Waals surface area contributed by atoms with Crippen molar-refractivity contribution in [3.63, 3.8) is 0 Å². The van der Waals surface area contributed by atoms with E-state index in [1.807, 2.05) is 60.7 Å². The minimum Gasteiger partial charge on any atom is -0.506 e. The zero-order chi connectivity index (χ0) is 29.0. The van der Waals surface area contributed by atoms with Crippen LogP contribution in [0.15, 0.2) is 121 Å². The Morgan fingerprint density at radius 2 is 0.878 bits per heavy atom. The number of amides is 2. The number of hydrogen-bond donors (Lipinski definition) is 3. The van der Waals surface area contributed by atoms with Gasteiger partial charge in [-0.3, -0.25) is 9.59 Å². The van der Waals surface area contributed by atoms with Crippen LogP contribution in [0.2, 0.25) is 0 Å². The quantitative estimate of drug-likeness (QED) is 0.198. The lowest BCUT2D eigenvalue weighted by atomic mass is 10.0. The molecule has 3 N–H and O–H groups in total. The number of hydrogen-bond acceptors (Lipinski definition) is 3. The highest BCUT2D eigenvalue weighted by Gasteiger charge is 2.34. The SMILES string of the molecule is O=C(Nc1ccc(-c2ccccc2)cc1)c1cc(C(F)(F)F)cc(C(=O)Nc2ccc(-c3ccccc3)cc2)c1O. The highest BCUT2D eigenvalue weighted by molar-refractivity contribution is 6.12. The van der Waals surface area contributed by atoms with Crippen molar-refractivity contribution in [2.75, 3.05) is 10.6 Å². The third kappa shape index (κ3) is 6.28. The molecule has 0 bridgehead atoms. The standard InChI is InChI=1S/C33H23F3N2O3/c34-33(35,36)25-19-28(31(40)37-26-15-11-23(12-16-26)21-7-3-1-4-8-21)30(39)29(20-25)32(41)38-27-17-13-24(14-18-27)22-9-5-2-6-10-22/h1-20,39H,(H,37,40)(H,38,41). The van der Waals surface area contributed by atoms with E-state index in [-0.39, 0.29) is 0 Å². The molecule has 0 aliphatic carbocycles. The molecule has 5 nitrogen and oxygen atoms in total. The van der Waals surface area contributed by atoms with Crippen LogP contribution in [0.5, 0.6) is 5.75 Å². The molecule has 0 spiro atoms. The van der Waals surface area contributed by atoms with Gasteiger partial charge in [0.05, 0.1) is 16.7 Å². The Labute approximate surface area is 233 Å². The minimum atomic E-state index is -4.87. The van der Waals surface area contributed by atoms with Gasteiger partial charge in [-0.25, -0.2) is 0 Å². The normalized spacial score (nSPS) is 11.1. The number of rotatable bonds is 6. The summed E-state index contributed by atoms with van der Waals surface area (Å²) in [5.74, 6) is -2.86. The molecular weight excluding hydrogens is 529 g/mol. The van der Waals surface area contributed by atoms with Crippen molar-refractivity contribution in [1.29, 1.82) is 0 Å². The number of phenols is 1. The summed E-state index contributed by atoms with van der Waals surface area (Å²) >= 11 is 0. The molecule has 0 radical (unpaired) electrons. The van der Waals surface area contributed by atoms with Gasteiger partial charge in [0, 0.05) is 11.4 Å². The summed E-state index contributed by atoms with van der Waals surface area (Å²) in [5.41, 5.74) is 1.64. The van der Waals surface area contributed by atoms with Crippen molar-refractivity contribution >= 4 is 23.2 Å². The molecule has 0 unspecified atom stereocenters. The van der Waals surface area contributed by atoms with Crippen LogP contribution in [-0.4, -0.2) is 16.9 Å². The fourth-order valence-corrected chi connectivity index (χ4v) is 4.29. The zero-order valence-corrected chi connectivity index (χ0v) is 21.4. The Morgan fingerprint density at radius 3 is 1.22 bits per heavy atom. The van der Waals surface area contributed by atoms with Crippen LogP contribution < -0.4 is 10.6 Å². The number of aromatic hydroxyl groups is 1. The van der Waals surface area contributed by atoms with Gasteiger partial charge in [-0.15, -0.1) is 0 Å². The second kappa shape index (κ2) is 11.4. The van der Waals surface area contributed by atoms with Gasteiger partial charge < -0.3 is 15.7 Å². The fraction of sp³-hybridized carbons (Fsp3) is 0.0303. The van der Waals surface area contributed by atoms with Gasteiger partial charge >= 0.3 is 6.18 Å². The molecule has 5 rings (SSSR count). The van der Waals surface area contributed by atoms with Gasteiger partial charge in [0.15, 0.2) is 0 Å². The van der Waals surface area contributed by atoms with Gasteiger partial charge in [-0.05, 0) is 58.7 Å². The second-order valence-corrected chi connectivity index (χ2v) is 9.21. The van der Waals surface area contributed by atoms with E-state index in [2.05, 4.69) is 10.6 Å². The van der Waals surface area contributed by atoms with E-state index < -0.39 is 40.4 Å². The molecule has 204 valence electrons. The predicted octanol–water partition coefficient (Wildman–Crippen LogP) is 8.25. The molecule has 0 aromatic heterocycles. The first kappa shape index (κ1) is 27.2. The van der Waals surface area contributed by atoms with Crippen molar-refractivity contribution < 1.29 is 27.9 Å². The number of phenolic OH excluding ortho intramolecular Hbond substituents is 1. The first-order valence-electron chi connectivity index (χ1n) is 12.6. The molecule has 0 fully saturated rings. The Morgan fingerprint density at radius 1 is 0.537 bits per heavy atom. The van der Waals surface area contributed by atoms with Crippen LogP contribution in [0.4, 0.5) is 24.5 Å². The maximum Gasteiger partial charge on any atom is 0.416 e. The Hall–Kier alpha value is -5.37. The lowest BCUT2D eigenvalue weighted by Crippen LogP contribution is -2.19. The zero-order valence-electron chi connectivity index (χ0n) is 21.4. The van der Waals surface area contributed by atoms with Crippen LogP contribution in [0.25, 0.3) is 22.3 Å². The summed E-state index contributed by atoms with van der Waals surface area (Å²) in [6.45, 7) is 0. The molecule has 5 aromatic rings. The number of alkyl halides is 3. The Kier molecular flexibility index (Phi) is 7.56. The van der Waals surface area contributed by atoms with E-state index >= 15 is 0 Å². The minimum absolute atomic E-state index is 0.302. The summed E-state index contributed by atoms with van der Waals surface area (Å²) in [6.07, 6.45) is -4.87. The van der Waals surface area contributed by atoms with E-state index in [0.717, 1.165) is 22.3 Å². The predicted molar refractivity (Wildman–Crippen MR) is 153 cm³/mol. The summed E-state index contributed by atoms with van der Waals surface area (Å²) in [5, 5.41) is 15.8. The maximum atomic E-state index is 13.7. The van der Waals surface area contributed by atoms with Gasteiger partial charge in [-0.1, -0.05) is 84.9 Å². The molecule has 5 aromatic carbocycles. The second-order valence-electron chi connectivity index (χ2n) is 9.21. The van der Waals surface area contributed by atoms with Crippen molar-refractivity contribution in [3.8, 4) is 28.0 Å². The average molecular weight is 553 g/mol. The molecule has 8 heteroatoms. The van der Waals surface area contributed by atoms with E-state index in [1.54, 1.807) is 48.5 Å². The third-order valence-electron chi connectivity index (χ3n) is 6.43. The van der Waals surface area contributed by atoms with E-state index in [4.69, 9.17) is 0 Å². The van der Waals surface area contributed by atoms with Crippen LogP contribution in [-0.2, 0) is 6.18 Å². The van der Waals surface area contributed by atoms with Crippen molar-refractivity contribution in [1.82, 2.24) is 0 Å². The first-order chi connectivity index (χ1) is 19.7. The largest absolute Gasteiger partial charge is 0.506 e. The average Bonchev–Trinajstić information content (AvgIpc) is 2.98. The van der Waals surface area contributed by atoms with Crippen LogP contribution >= 0.6 is 0 Å². The molecule has 0 saturated carbocycles. The Balaban J connectivity index is 1.39. The van der Waals surface area contributed by atoms with Gasteiger partial charge in [-0.2, -0.15) is 13.2 Å². The van der Waals surface area contributed by atoms with Crippen LogP contribution in [0.1, 0.15) is 26.3 Å². The molecule has 2 amide bonds. The van der Waals surface area contributed by atoms with Gasteiger partial charge in [0.2, 0.25) is 0 Å². The molecule has 0 atom stereocenters. The van der Waals surface area contributed by atoms with E-state index in [1.165, 1.54) is 0 Å². The molecule has 0 aliphatic heterocycles. The summed E-state index contributed by atoms with van der Waals surface area (Å²) in [7, 11) is 0. The molecule has 0 aliphatic rings. The topological polar surface area (TPSA) is 78.4 Å². The molecular formula is C33H23F3N2O3. The van der Waals surface area contributed by atoms with E-state index in [0.29, 0.717) is 23.5 Å².